The molecule has 34 heavy (non-hydrogen) atoms. The Morgan fingerprint density at radius 1 is 0.971 bits per heavy atom. The molecule has 0 radical (unpaired) electrons. The first-order valence-corrected chi connectivity index (χ1v) is 10.2. The minimum absolute atomic E-state index is 0.358. The number of amides is 2. The van der Waals surface area contributed by atoms with Crippen LogP contribution in [0.5, 0.6) is 5.75 Å². The van der Waals surface area contributed by atoms with Crippen LogP contribution in [0, 0.1) is 5.82 Å². The van der Waals surface area contributed by atoms with Crippen LogP contribution in [0.3, 0.4) is 0 Å². The van der Waals surface area contributed by atoms with Crippen molar-refractivity contribution in [3.63, 3.8) is 0 Å². The van der Waals surface area contributed by atoms with Crippen molar-refractivity contribution in [2.45, 2.75) is 0 Å². The highest BCUT2D eigenvalue weighted by molar-refractivity contribution is 6.39. The summed E-state index contributed by atoms with van der Waals surface area (Å²) < 4.78 is 20.2. The van der Waals surface area contributed by atoms with E-state index in [1.165, 1.54) is 25.5 Å². The summed E-state index contributed by atoms with van der Waals surface area (Å²) in [5.41, 5.74) is 5.12. The number of hydrazone groups is 1. The largest absolute Gasteiger partial charge is 0.495 e. The molecule has 4 rings (SSSR count). The number of rotatable bonds is 6. The van der Waals surface area contributed by atoms with E-state index in [0.717, 1.165) is 5.69 Å². The van der Waals surface area contributed by atoms with Crippen molar-refractivity contribution in [3.8, 4) is 22.7 Å². The molecule has 0 spiro atoms. The first kappa shape index (κ1) is 22.4. The number of hydrogen-bond acceptors (Lipinski definition) is 5. The first-order valence-electron chi connectivity index (χ1n) is 10.2. The maximum Gasteiger partial charge on any atom is 0.329 e. The third-order valence-electron chi connectivity index (χ3n) is 4.81. The second-order valence-electron chi connectivity index (χ2n) is 7.07. The molecule has 0 fully saturated rings. The second-order valence-corrected chi connectivity index (χ2v) is 7.07. The van der Waals surface area contributed by atoms with Crippen molar-refractivity contribution in [1.82, 2.24) is 15.2 Å². The normalized spacial score (nSPS) is 10.8. The van der Waals surface area contributed by atoms with E-state index >= 15 is 0 Å². The van der Waals surface area contributed by atoms with Crippen LogP contribution in [0.1, 0.15) is 5.56 Å². The molecular weight excluding hydrogens is 437 g/mol. The molecule has 3 aromatic carbocycles. The Kier molecular flexibility index (Phi) is 6.73. The number of ether oxygens (including phenoxy) is 1. The van der Waals surface area contributed by atoms with E-state index in [1.807, 2.05) is 30.3 Å². The van der Waals surface area contributed by atoms with Gasteiger partial charge in [-0.3, -0.25) is 9.59 Å². The SMILES string of the molecule is COc1ccccc1NC(=O)C(=O)N/N=C/c1cn(-c2ccccc2)nc1-c1ccc(F)cc1. The number of carbonyl (C=O) groups excluding carboxylic acids is 2. The smallest absolute Gasteiger partial charge is 0.329 e. The van der Waals surface area contributed by atoms with Crippen molar-refractivity contribution < 1.29 is 18.7 Å². The van der Waals surface area contributed by atoms with Gasteiger partial charge in [-0.1, -0.05) is 30.3 Å². The number of anilines is 1. The van der Waals surface area contributed by atoms with Crippen LogP contribution >= 0.6 is 0 Å². The van der Waals surface area contributed by atoms with Gasteiger partial charge in [0, 0.05) is 17.3 Å². The van der Waals surface area contributed by atoms with Gasteiger partial charge in [-0.05, 0) is 48.5 Å². The molecule has 0 saturated heterocycles. The number of methoxy groups -OCH3 is 1. The number of para-hydroxylation sites is 3. The zero-order chi connectivity index (χ0) is 23.9. The summed E-state index contributed by atoms with van der Waals surface area (Å²) in [6.45, 7) is 0. The van der Waals surface area contributed by atoms with Crippen LogP contribution in [0.25, 0.3) is 16.9 Å². The monoisotopic (exact) mass is 457 g/mol. The molecular formula is C25H20FN5O3. The van der Waals surface area contributed by atoms with E-state index in [9.17, 15) is 14.0 Å². The lowest BCUT2D eigenvalue weighted by Crippen LogP contribution is -2.32. The van der Waals surface area contributed by atoms with Crippen LogP contribution in [-0.2, 0) is 9.59 Å². The highest BCUT2D eigenvalue weighted by Crippen LogP contribution is 2.24. The molecule has 0 aliphatic carbocycles. The Labute approximate surface area is 194 Å². The van der Waals surface area contributed by atoms with Crippen LogP contribution < -0.4 is 15.5 Å². The lowest BCUT2D eigenvalue weighted by molar-refractivity contribution is -0.136. The average molecular weight is 457 g/mol. The van der Waals surface area contributed by atoms with E-state index in [4.69, 9.17) is 4.74 Å². The van der Waals surface area contributed by atoms with Gasteiger partial charge in [-0.15, -0.1) is 0 Å². The third-order valence-corrected chi connectivity index (χ3v) is 4.81. The average Bonchev–Trinajstić information content (AvgIpc) is 3.29. The van der Waals surface area contributed by atoms with Gasteiger partial charge in [0.05, 0.1) is 24.7 Å². The number of carbonyl (C=O) groups is 2. The zero-order valence-corrected chi connectivity index (χ0v) is 18.1. The lowest BCUT2D eigenvalue weighted by atomic mass is 10.1. The highest BCUT2D eigenvalue weighted by Gasteiger charge is 2.16. The number of nitrogens with zero attached hydrogens (tertiary/aromatic N) is 3. The molecule has 0 aliphatic heterocycles. The van der Waals surface area contributed by atoms with E-state index in [1.54, 1.807) is 47.3 Å². The molecule has 8 nitrogen and oxygen atoms in total. The highest BCUT2D eigenvalue weighted by atomic mass is 19.1. The molecule has 0 aliphatic rings. The maximum absolute atomic E-state index is 13.4. The summed E-state index contributed by atoms with van der Waals surface area (Å²) in [6.07, 6.45) is 3.10. The lowest BCUT2D eigenvalue weighted by Gasteiger charge is -2.08. The molecule has 0 bridgehead atoms. The Morgan fingerprint density at radius 3 is 2.41 bits per heavy atom. The summed E-state index contributed by atoms with van der Waals surface area (Å²) in [5.74, 6) is -1.81. The topological polar surface area (TPSA) is 97.6 Å². The van der Waals surface area contributed by atoms with Gasteiger partial charge in [0.25, 0.3) is 0 Å². The Bertz CT molecular complexity index is 1330. The molecule has 1 aromatic heterocycles. The fourth-order valence-corrected chi connectivity index (χ4v) is 3.17. The Balaban J connectivity index is 1.53. The second kappa shape index (κ2) is 10.2. The molecule has 0 unspecified atom stereocenters. The number of hydrogen-bond donors (Lipinski definition) is 2. The van der Waals surface area contributed by atoms with E-state index in [2.05, 4.69) is 20.9 Å². The number of aromatic nitrogens is 2. The van der Waals surface area contributed by atoms with Crippen LogP contribution in [-0.4, -0.2) is 34.9 Å². The van der Waals surface area contributed by atoms with Crippen LogP contribution in [0.15, 0.2) is 90.2 Å². The number of benzene rings is 3. The first-order chi connectivity index (χ1) is 16.5. The molecule has 9 heteroatoms. The maximum atomic E-state index is 13.4. The van der Waals surface area contributed by atoms with Crippen molar-refractivity contribution in [1.29, 1.82) is 0 Å². The predicted molar refractivity (Wildman–Crippen MR) is 126 cm³/mol. The van der Waals surface area contributed by atoms with Gasteiger partial charge >= 0.3 is 11.8 Å². The minimum Gasteiger partial charge on any atom is -0.495 e. The summed E-state index contributed by atoms with van der Waals surface area (Å²) in [5, 5.41) is 11.0. The number of halogens is 1. The van der Waals surface area contributed by atoms with Crippen LogP contribution in [0.2, 0.25) is 0 Å². The van der Waals surface area contributed by atoms with E-state index in [0.29, 0.717) is 28.3 Å². The van der Waals surface area contributed by atoms with Gasteiger partial charge in [0.2, 0.25) is 0 Å². The fraction of sp³-hybridized carbons (Fsp3) is 0.0400. The molecule has 2 amide bonds. The van der Waals surface area contributed by atoms with Crippen molar-refractivity contribution >= 4 is 23.7 Å². The fourth-order valence-electron chi connectivity index (χ4n) is 3.17. The van der Waals surface area contributed by atoms with Gasteiger partial charge in [-0.2, -0.15) is 10.2 Å². The van der Waals surface area contributed by atoms with Crippen molar-refractivity contribution in [2.75, 3.05) is 12.4 Å². The van der Waals surface area contributed by atoms with E-state index in [-0.39, 0.29) is 5.82 Å². The predicted octanol–water partition coefficient (Wildman–Crippen LogP) is 3.78. The van der Waals surface area contributed by atoms with E-state index < -0.39 is 11.8 Å². The van der Waals surface area contributed by atoms with Crippen molar-refractivity contribution in [2.24, 2.45) is 5.10 Å². The minimum atomic E-state index is -0.957. The Hall–Kier alpha value is -4.79. The summed E-state index contributed by atoms with van der Waals surface area (Å²) in [4.78, 5) is 24.4. The molecule has 0 atom stereocenters. The number of nitrogens with one attached hydrogen (secondary N) is 2. The van der Waals surface area contributed by atoms with Gasteiger partial charge in [0.1, 0.15) is 17.3 Å². The summed E-state index contributed by atoms with van der Waals surface area (Å²) >= 11 is 0. The standard InChI is InChI=1S/C25H20FN5O3/c1-34-22-10-6-5-9-21(22)28-24(32)25(33)29-27-15-18-16-31(20-7-3-2-4-8-20)30-23(18)17-11-13-19(26)14-12-17/h2-16H,1H3,(H,28,32)(H,29,33)/b27-15+. The summed E-state index contributed by atoms with van der Waals surface area (Å²) in [7, 11) is 1.46. The van der Waals surface area contributed by atoms with Crippen molar-refractivity contribution in [3.05, 3.63) is 96.4 Å². The molecule has 2 N–H and O–H groups in total. The van der Waals surface area contributed by atoms with Crippen LogP contribution in [0.4, 0.5) is 10.1 Å². The third kappa shape index (κ3) is 5.16. The van der Waals surface area contributed by atoms with Gasteiger partial charge in [-0.25, -0.2) is 14.5 Å². The molecule has 170 valence electrons. The van der Waals surface area contributed by atoms with Gasteiger partial charge in [0.15, 0.2) is 0 Å². The zero-order valence-electron chi connectivity index (χ0n) is 18.1. The quantitative estimate of drug-likeness (QED) is 0.262. The molecule has 1 heterocycles. The summed E-state index contributed by atoms with van der Waals surface area (Å²) in [6, 6.07) is 22.0. The molecule has 4 aromatic rings. The van der Waals surface area contributed by atoms with Gasteiger partial charge < -0.3 is 10.1 Å². The Morgan fingerprint density at radius 2 is 1.68 bits per heavy atom. The molecule has 0 saturated carbocycles.